The van der Waals surface area contributed by atoms with Crippen molar-refractivity contribution in [1.29, 1.82) is 10.7 Å². The summed E-state index contributed by atoms with van der Waals surface area (Å²) >= 11 is 4.63. The van der Waals surface area contributed by atoms with Crippen LogP contribution >= 0.6 is 12.6 Å². The van der Waals surface area contributed by atoms with Crippen molar-refractivity contribution in [3.63, 3.8) is 0 Å². The molecule has 4 nitrogen and oxygen atoms in total. The Morgan fingerprint density at radius 2 is 2.10 bits per heavy atom. The number of amidine groups is 1. The summed E-state index contributed by atoms with van der Waals surface area (Å²) in [5, 5.41) is 27.5. The lowest BCUT2D eigenvalue weighted by molar-refractivity contribution is 0.356. The molecular formula is C16H15N3OS. The van der Waals surface area contributed by atoms with Gasteiger partial charge in [0.1, 0.15) is 17.5 Å². The molecule has 0 saturated heterocycles. The summed E-state index contributed by atoms with van der Waals surface area (Å²) in [6.07, 6.45) is 2.03. The molecule has 2 atom stereocenters. The van der Waals surface area contributed by atoms with E-state index in [0.717, 1.165) is 5.69 Å². The molecule has 1 aliphatic heterocycles. The first kappa shape index (κ1) is 13.8. The molecule has 0 amide bonds. The van der Waals surface area contributed by atoms with Gasteiger partial charge >= 0.3 is 0 Å². The second-order valence-electron chi connectivity index (χ2n) is 5.42. The second kappa shape index (κ2) is 4.68. The molecule has 1 aliphatic carbocycles. The van der Waals surface area contributed by atoms with Crippen molar-refractivity contribution in [3.8, 4) is 6.07 Å². The first-order valence-corrected chi connectivity index (χ1v) is 7.18. The van der Waals surface area contributed by atoms with E-state index in [4.69, 9.17) is 5.41 Å². The maximum Gasteiger partial charge on any atom is 0.144 e. The summed E-state index contributed by atoms with van der Waals surface area (Å²) in [5.74, 6) is 0.365. The van der Waals surface area contributed by atoms with Crippen LogP contribution in [0, 0.1) is 16.7 Å². The van der Waals surface area contributed by atoms with Crippen molar-refractivity contribution in [2.45, 2.75) is 24.1 Å². The summed E-state index contributed by atoms with van der Waals surface area (Å²) < 4.78 is 0. The molecule has 0 saturated carbocycles. The van der Waals surface area contributed by atoms with Crippen LogP contribution in [-0.2, 0) is 0 Å². The lowest BCUT2D eigenvalue weighted by atomic mass is 9.81. The van der Waals surface area contributed by atoms with Gasteiger partial charge in [-0.25, -0.2) is 0 Å². The molecule has 106 valence electrons. The number of nitrogens with zero attached hydrogens (tertiary/aromatic N) is 2. The van der Waals surface area contributed by atoms with E-state index in [1.54, 1.807) is 6.08 Å². The first-order valence-electron chi connectivity index (χ1n) is 6.66. The smallest absolute Gasteiger partial charge is 0.144 e. The number of hydrogen-bond donors (Lipinski definition) is 3. The number of thiol groups is 1. The average Bonchev–Trinajstić information content (AvgIpc) is 2.68. The van der Waals surface area contributed by atoms with Gasteiger partial charge in [0.15, 0.2) is 0 Å². The van der Waals surface area contributed by atoms with Gasteiger partial charge in [-0.15, -0.1) is 0 Å². The SMILES string of the molecule is C[C@]12C(=C(C#N)C(=N)N1c1ccccc1)C=C(O)C[C@@H]2S. The molecule has 3 rings (SSSR count). The van der Waals surface area contributed by atoms with Gasteiger partial charge in [0.05, 0.1) is 11.3 Å². The predicted molar refractivity (Wildman–Crippen MR) is 85.8 cm³/mol. The summed E-state index contributed by atoms with van der Waals surface area (Å²) in [7, 11) is 0. The standard InChI is InChI=1S/C16H15N3OS/c1-16-13(7-11(20)8-14(16)21)12(9-17)15(18)19(16)10-5-3-2-4-6-10/h2-7,14,18,20-21H,8H2,1H3/t14-,16+/m0/s1. The lowest BCUT2D eigenvalue weighted by Gasteiger charge is -2.44. The zero-order valence-electron chi connectivity index (χ0n) is 11.5. The number of aliphatic hydroxyl groups excluding tert-OH is 1. The zero-order chi connectivity index (χ0) is 15.2. The number of rotatable bonds is 1. The number of anilines is 1. The van der Waals surface area contributed by atoms with Crippen LogP contribution in [-0.4, -0.2) is 21.7 Å². The van der Waals surface area contributed by atoms with E-state index in [0.29, 0.717) is 17.6 Å². The van der Waals surface area contributed by atoms with E-state index < -0.39 is 5.54 Å². The van der Waals surface area contributed by atoms with Crippen LogP contribution in [0.3, 0.4) is 0 Å². The van der Waals surface area contributed by atoms with Crippen LogP contribution in [0.1, 0.15) is 13.3 Å². The molecule has 1 aromatic rings. The molecule has 2 N–H and O–H groups in total. The predicted octanol–water partition coefficient (Wildman–Crippen LogP) is 3.21. The van der Waals surface area contributed by atoms with Crippen LogP contribution in [0.4, 0.5) is 5.69 Å². The van der Waals surface area contributed by atoms with Gasteiger partial charge in [0.25, 0.3) is 0 Å². The Morgan fingerprint density at radius 1 is 1.43 bits per heavy atom. The first-order chi connectivity index (χ1) is 10.00. The fraction of sp³-hybridized carbons (Fsp3) is 0.250. The lowest BCUT2D eigenvalue weighted by Crippen LogP contribution is -2.53. The van der Waals surface area contributed by atoms with E-state index >= 15 is 0 Å². The third-order valence-electron chi connectivity index (χ3n) is 4.23. The minimum absolute atomic E-state index is 0.159. The van der Waals surface area contributed by atoms with Gasteiger partial charge in [-0.05, 0) is 25.1 Å². The Labute approximate surface area is 128 Å². The minimum Gasteiger partial charge on any atom is -0.512 e. The van der Waals surface area contributed by atoms with Crippen molar-refractivity contribution >= 4 is 24.2 Å². The molecule has 0 bridgehead atoms. The zero-order valence-corrected chi connectivity index (χ0v) is 12.4. The Bertz CT molecular complexity index is 717. The van der Waals surface area contributed by atoms with Gasteiger partial charge in [-0.1, -0.05) is 18.2 Å². The minimum atomic E-state index is -0.612. The van der Waals surface area contributed by atoms with Crippen LogP contribution in [0.2, 0.25) is 0 Å². The molecule has 2 aliphatic rings. The molecule has 1 aromatic carbocycles. The monoisotopic (exact) mass is 297 g/mol. The topological polar surface area (TPSA) is 71.1 Å². The number of para-hydroxylation sites is 1. The second-order valence-corrected chi connectivity index (χ2v) is 6.05. The molecule has 0 aromatic heterocycles. The van der Waals surface area contributed by atoms with Crippen LogP contribution in [0.15, 0.2) is 53.3 Å². The fourth-order valence-electron chi connectivity index (χ4n) is 3.10. The average molecular weight is 297 g/mol. The summed E-state index contributed by atoms with van der Waals surface area (Å²) in [6.45, 7) is 1.97. The highest BCUT2D eigenvalue weighted by Gasteiger charge is 2.52. The molecule has 0 unspecified atom stereocenters. The van der Waals surface area contributed by atoms with Crippen molar-refractivity contribution in [2.24, 2.45) is 0 Å². The van der Waals surface area contributed by atoms with Crippen molar-refractivity contribution < 1.29 is 5.11 Å². The summed E-state index contributed by atoms with van der Waals surface area (Å²) in [4.78, 5) is 1.83. The van der Waals surface area contributed by atoms with Gasteiger partial charge in [-0.3, -0.25) is 5.41 Å². The molecule has 0 fully saturated rings. The highest BCUT2D eigenvalue weighted by molar-refractivity contribution is 7.81. The van der Waals surface area contributed by atoms with E-state index in [2.05, 4.69) is 18.7 Å². The van der Waals surface area contributed by atoms with E-state index in [-0.39, 0.29) is 16.8 Å². The number of allylic oxidation sites excluding steroid dienone is 1. The maximum atomic E-state index is 9.88. The quantitative estimate of drug-likeness (QED) is 0.697. The number of nitriles is 1. The highest BCUT2D eigenvalue weighted by Crippen LogP contribution is 2.47. The van der Waals surface area contributed by atoms with Gasteiger partial charge in [0, 0.05) is 22.9 Å². The Morgan fingerprint density at radius 3 is 2.71 bits per heavy atom. The van der Waals surface area contributed by atoms with E-state index in [9.17, 15) is 10.4 Å². The van der Waals surface area contributed by atoms with Gasteiger partial charge in [0.2, 0.25) is 0 Å². The highest BCUT2D eigenvalue weighted by atomic mass is 32.1. The number of aliphatic hydroxyl groups is 1. The molecular weight excluding hydrogens is 282 g/mol. The third-order valence-corrected chi connectivity index (χ3v) is 4.91. The Hall–Kier alpha value is -2.19. The largest absolute Gasteiger partial charge is 0.512 e. The van der Waals surface area contributed by atoms with Crippen LogP contribution < -0.4 is 4.90 Å². The molecule has 0 spiro atoms. The normalized spacial score (nSPS) is 28.2. The van der Waals surface area contributed by atoms with Crippen molar-refractivity contribution in [3.05, 3.63) is 53.3 Å². The van der Waals surface area contributed by atoms with E-state index in [1.807, 2.05) is 42.2 Å². The van der Waals surface area contributed by atoms with Crippen molar-refractivity contribution in [1.82, 2.24) is 0 Å². The third kappa shape index (κ3) is 1.79. The number of hydrogen-bond acceptors (Lipinski definition) is 4. The summed E-state index contributed by atoms with van der Waals surface area (Å²) in [5.41, 5.74) is 1.20. The van der Waals surface area contributed by atoms with Crippen LogP contribution in [0.5, 0.6) is 0 Å². The maximum absolute atomic E-state index is 9.88. The Balaban J connectivity index is 2.24. The van der Waals surface area contributed by atoms with Gasteiger partial charge < -0.3 is 10.0 Å². The number of benzene rings is 1. The molecule has 5 heteroatoms. The Kier molecular flexibility index (Phi) is 3.07. The number of fused-ring (bicyclic) bond motifs is 1. The van der Waals surface area contributed by atoms with Crippen molar-refractivity contribution in [2.75, 3.05) is 4.90 Å². The van der Waals surface area contributed by atoms with E-state index in [1.165, 1.54) is 0 Å². The molecule has 0 radical (unpaired) electrons. The molecule has 1 heterocycles. The van der Waals surface area contributed by atoms with Crippen LogP contribution in [0.25, 0.3) is 0 Å². The fourth-order valence-corrected chi connectivity index (χ4v) is 3.54. The molecule has 21 heavy (non-hydrogen) atoms. The summed E-state index contributed by atoms with van der Waals surface area (Å²) in [6, 6.07) is 11.6. The number of nitrogens with one attached hydrogen (secondary N) is 1. The van der Waals surface area contributed by atoms with Gasteiger partial charge in [-0.2, -0.15) is 17.9 Å².